The Morgan fingerprint density at radius 3 is 2.16 bits per heavy atom. The van der Waals surface area contributed by atoms with Crippen molar-refractivity contribution in [3.63, 3.8) is 0 Å². The van der Waals surface area contributed by atoms with Gasteiger partial charge in [-0.3, -0.25) is 19.3 Å². The Morgan fingerprint density at radius 2 is 1.52 bits per heavy atom. The molecule has 0 spiro atoms. The second kappa shape index (κ2) is 9.16. The van der Waals surface area contributed by atoms with Gasteiger partial charge in [0.1, 0.15) is 12.4 Å². The van der Waals surface area contributed by atoms with Crippen LogP contribution in [-0.4, -0.2) is 57.1 Å². The second-order valence-corrected chi connectivity index (χ2v) is 8.73. The Hall–Kier alpha value is -2.77. The van der Waals surface area contributed by atoms with Crippen molar-refractivity contribution in [1.29, 1.82) is 0 Å². The van der Waals surface area contributed by atoms with E-state index in [0.29, 0.717) is 12.8 Å². The van der Waals surface area contributed by atoms with E-state index in [2.05, 4.69) is 0 Å². The highest BCUT2D eigenvalue weighted by Crippen LogP contribution is 2.29. The van der Waals surface area contributed by atoms with Crippen LogP contribution in [0, 0.1) is 5.82 Å². The lowest BCUT2D eigenvalue weighted by Crippen LogP contribution is -2.48. The number of carbonyl (C=O) groups is 4. The first-order valence-corrected chi connectivity index (χ1v) is 11.2. The van der Waals surface area contributed by atoms with Gasteiger partial charge in [0.15, 0.2) is 0 Å². The van der Waals surface area contributed by atoms with E-state index in [-0.39, 0.29) is 30.4 Å². The fraction of sp³-hybridized carbons (Fsp3) is 0.565. The van der Waals surface area contributed by atoms with Crippen LogP contribution < -0.4 is 0 Å². The zero-order chi connectivity index (χ0) is 22.0. The normalized spacial score (nSPS) is 20.7. The van der Waals surface area contributed by atoms with Crippen LogP contribution in [0.15, 0.2) is 24.3 Å². The van der Waals surface area contributed by atoms with Gasteiger partial charge in [-0.05, 0) is 43.4 Å². The van der Waals surface area contributed by atoms with Gasteiger partial charge in [-0.15, -0.1) is 0 Å². The van der Waals surface area contributed by atoms with Gasteiger partial charge in [0, 0.05) is 18.6 Å². The first kappa shape index (κ1) is 21.5. The van der Waals surface area contributed by atoms with E-state index >= 15 is 0 Å². The lowest BCUT2D eigenvalue weighted by atomic mass is 9.93. The summed E-state index contributed by atoms with van der Waals surface area (Å²) < 4.78 is 13.3. The van der Waals surface area contributed by atoms with Crippen LogP contribution in [0.25, 0.3) is 0 Å². The van der Waals surface area contributed by atoms with E-state index in [4.69, 9.17) is 0 Å². The molecule has 31 heavy (non-hydrogen) atoms. The molecule has 7 nitrogen and oxygen atoms in total. The fourth-order valence-corrected chi connectivity index (χ4v) is 4.97. The third kappa shape index (κ3) is 4.48. The number of halogens is 1. The zero-order valence-electron chi connectivity index (χ0n) is 17.6. The molecule has 1 aliphatic heterocycles. The maximum atomic E-state index is 13.3. The third-order valence-electron chi connectivity index (χ3n) is 6.67. The van der Waals surface area contributed by atoms with Crippen LogP contribution in [0.3, 0.4) is 0 Å². The summed E-state index contributed by atoms with van der Waals surface area (Å²) >= 11 is 0. The van der Waals surface area contributed by atoms with Gasteiger partial charge in [0.2, 0.25) is 5.91 Å². The minimum absolute atomic E-state index is 0.000692. The fourth-order valence-electron chi connectivity index (χ4n) is 4.97. The standard InChI is InChI=1S/C23H28FN3O4/c24-17-12-10-16(11-13-17)14-25(18-6-2-1-3-7-18)20(28)15-26-21(29)22(30)27(23(26)31)19-8-4-5-9-19/h10-13,18-19H,1-9,14-15H2. The topological polar surface area (TPSA) is 78.0 Å². The van der Waals surface area contributed by atoms with Gasteiger partial charge in [-0.25, -0.2) is 14.1 Å². The molecule has 8 heteroatoms. The zero-order valence-corrected chi connectivity index (χ0v) is 17.6. The quantitative estimate of drug-likeness (QED) is 0.514. The number of carbonyl (C=O) groups excluding carboxylic acids is 4. The van der Waals surface area contributed by atoms with Gasteiger partial charge in [-0.2, -0.15) is 0 Å². The molecule has 1 aromatic carbocycles. The lowest BCUT2D eigenvalue weighted by molar-refractivity contribution is -0.146. The molecule has 0 radical (unpaired) electrons. The minimum Gasteiger partial charge on any atom is -0.334 e. The molecular formula is C23H28FN3O4. The van der Waals surface area contributed by atoms with Crippen LogP contribution in [0.2, 0.25) is 0 Å². The monoisotopic (exact) mass is 429 g/mol. The van der Waals surface area contributed by atoms with Crippen molar-refractivity contribution in [1.82, 2.24) is 14.7 Å². The first-order chi connectivity index (χ1) is 15.0. The molecule has 0 bridgehead atoms. The number of benzene rings is 1. The van der Waals surface area contributed by atoms with E-state index in [1.807, 2.05) is 0 Å². The highest BCUT2D eigenvalue weighted by molar-refractivity contribution is 6.45. The predicted molar refractivity (Wildman–Crippen MR) is 110 cm³/mol. The van der Waals surface area contributed by atoms with Gasteiger partial charge in [-0.1, -0.05) is 44.2 Å². The van der Waals surface area contributed by atoms with Crippen molar-refractivity contribution in [2.75, 3.05) is 6.54 Å². The van der Waals surface area contributed by atoms with E-state index in [9.17, 15) is 23.6 Å². The summed E-state index contributed by atoms with van der Waals surface area (Å²) in [5, 5.41) is 0. The number of hydrogen-bond donors (Lipinski definition) is 0. The molecule has 166 valence electrons. The molecule has 0 unspecified atom stereocenters. The van der Waals surface area contributed by atoms with Crippen LogP contribution >= 0.6 is 0 Å². The summed E-state index contributed by atoms with van der Waals surface area (Å²) in [5.41, 5.74) is 0.781. The highest BCUT2D eigenvalue weighted by atomic mass is 19.1. The largest absolute Gasteiger partial charge is 0.334 e. The van der Waals surface area contributed by atoms with E-state index < -0.39 is 24.4 Å². The average Bonchev–Trinajstić information content (AvgIpc) is 3.37. The average molecular weight is 429 g/mol. The Balaban J connectivity index is 1.50. The summed E-state index contributed by atoms with van der Waals surface area (Å²) in [6.45, 7) is -0.162. The van der Waals surface area contributed by atoms with Gasteiger partial charge in [0.05, 0.1) is 0 Å². The Labute approximate surface area is 181 Å². The number of urea groups is 1. The van der Waals surface area contributed by atoms with Gasteiger partial charge >= 0.3 is 17.8 Å². The van der Waals surface area contributed by atoms with Crippen molar-refractivity contribution < 1.29 is 23.6 Å². The number of rotatable bonds is 6. The van der Waals surface area contributed by atoms with Crippen LogP contribution in [0.1, 0.15) is 63.4 Å². The van der Waals surface area contributed by atoms with E-state index in [0.717, 1.165) is 60.3 Å². The summed E-state index contributed by atoms with van der Waals surface area (Å²) in [5.74, 6) is -2.46. The molecule has 3 aliphatic rings. The molecular weight excluding hydrogens is 401 g/mol. The second-order valence-electron chi connectivity index (χ2n) is 8.73. The Bertz CT molecular complexity index is 860. The molecule has 1 aromatic rings. The smallest absolute Gasteiger partial charge is 0.334 e. The highest BCUT2D eigenvalue weighted by Gasteiger charge is 2.49. The maximum absolute atomic E-state index is 13.3. The summed E-state index contributed by atoms with van der Waals surface area (Å²) in [4.78, 5) is 54.6. The van der Waals surface area contributed by atoms with Crippen LogP contribution in [0.5, 0.6) is 0 Å². The van der Waals surface area contributed by atoms with Crippen molar-refractivity contribution in [3.8, 4) is 0 Å². The molecule has 3 fully saturated rings. The number of hydrogen-bond acceptors (Lipinski definition) is 4. The molecule has 4 rings (SSSR count). The summed E-state index contributed by atoms with van der Waals surface area (Å²) in [6, 6.07) is 5.04. The maximum Gasteiger partial charge on any atom is 0.334 e. The van der Waals surface area contributed by atoms with Gasteiger partial charge in [0.25, 0.3) is 0 Å². The summed E-state index contributed by atoms with van der Waals surface area (Å²) in [6.07, 6.45) is 8.06. The molecule has 0 atom stereocenters. The third-order valence-corrected chi connectivity index (χ3v) is 6.67. The number of imide groups is 2. The SMILES string of the molecule is O=C1C(=O)N(C2CCCC2)C(=O)N1CC(=O)N(Cc1ccc(F)cc1)C1CCCCC1. The molecule has 0 aromatic heterocycles. The minimum atomic E-state index is -0.921. The van der Waals surface area contributed by atoms with E-state index in [1.54, 1.807) is 17.0 Å². The molecule has 5 amide bonds. The molecule has 2 aliphatic carbocycles. The molecule has 1 saturated heterocycles. The Kier molecular flexibility index (Phi) is 6.34. The molecule has 1 heterocycles. The number of amides is 5. The van der Waals surface area contributed by atoms with Crippen molar-refractivity contribution in [2.45, 2.75) is 76.4 Å². The Morgan fingerprint density at radius 1 is 0.903 bits per heavy atom. The predicted octanol–water partition coefficient (Wildman–Crippen LogP) is 3.22. The van der Waals surface area contributed by atoms with E-state index in [1.165, 1.54) is 12.1 Å². The molecule has 0 N–H and O–H groups in total. The summed E-state index contributed by atoms with van der Waals surface area (Å²) in [7, 11) is 0. The van der Waals surface area contributed by atoms with Crippen molar-refractivity contribution in [3.05, 3.63) is 35.6 Å². The van der Waals surface area contributed by atoms with Crippen LogP contribution in [0.4, 0.5) is 9.18 Å². The van der Waals surface area contributed by atoms with Gasteiger partial charge < -0.3 is 4.90 Å². The first-order valence-electron chi connectivity index (χ1n) is 11.2. The molecule has 2 saturated carbocycles. The van der Waals surface area contributed by atoms with Crippen molar-refractivity contribution >= 4 is 23.8 Å². The number of nitrogens with zero attached hydrogens (tertiary/aromatic N) is 3. The van der Waals surface area contributed by atoms with Crippen molar-refractivity contribution in [2.24, 2.45) is 0 Å². The van der Waals surface area contributed by atoms with Crippen LogP contribution in [-0.2, 0) is 20.9 Å². The lowest BCUT2D eigenvalue weighted by Gasteiger charge is -2.35.